The molecule has 0 spiro atoms. The Labute approximate surface area is 122 Å². The van der Waals surface area contributed by atoms with Gasteiger partial charge in [0.05, 0.1) is 0 Å². The Bertz CT molecular complexity index is 388. The first-order valence-electron chi connectivity index (χ1n) is 5.95. The Kier molecular flexibility index (Phi) is 6.12. The van der Waals surface area contributed by atoms with E-state index in [2.05, 4.69) is 15.9 Å². The van der Waals surface area contributed by atoms with Gasteiger partial charge in [0.2, 0.25) is 0 Å². The second-order valence-corrected chi connectivity index (χ2v) is 5.39. The van der Waals surface area contributed by atoms with E-state index in [1.54, 1.807) is 0 Å². The lowest BCUT2D eigenvalue weighted by atomic mass is 9.96. The first-order chi connectivity index (χ1) is 8.20. The molecule has 5 heteroatoms. The van der Waals surface area contributed by atoms with Crippen LogP contribution in [0.5, 0.6) is 0 Å². The maximum atomic E-state index is 12.2. The summed E-state index contributed by atoms with van der Waals surface area (Å²) in [4.78, 5) is 14.1. The van der Waals surface area contributed by atoms with Crippen LogP contribution >= 0.6 is 28.3 Å². The molecular weight excluding hydrogens is 316 g/mol. The molecule has 2 N–H and O–H groups in total. The van der Waals surface area contributed by atoms with E-state index < -0.39 is 0 Å². The first-order valence-corrected chi connectivity index (χ1v) is 6.75. The molecule has 1 aliphatic heterocycles. The smallest absolute Gasteiger partial charge is 0.253 e. The van der Waals surface area contributed by atoms with Gasteiger partial charge in [0.15, 0.2) is 0 Å². The van der Waals surface area contributed by atoms with Crippen molar-refractivity contribution in [3.63, 3.8) is 0 Å². The molecule has 0 aromatic heterocycles. The van der Waals surface area contributed by atoms with Crippen molar-refractivity contribution in [3.05, 3.63) is 34.3 Å². The van der Waals surface area contributed by atoms with Crippen molar-refractivity contribution >= 4 is 34.2 Å². The Morgan fingerprint density at radius 1 is 1.28 bits per heavy atom. The van der Waals surface area contributed by atoms with E-state index in [0.29, 0.717) is 5.92 Å². The standard InChI is InChI=1S/C13H17BrN2O.ClH/c14-12-3-1-11(2-4-12)13(17)16-7-5-10(9-15)6-8-16;/h1-4,10H,5-9,15H2;1H. The molecule has 0 unspecified atom stereocenters. The van der Waals surface area contributed by atoms with Gasteiger partial charge in [-0.1, -0.05) is 15.9 Å². The minimum Gasteiger partial charge on any atom is -0.339 e. The number of amides is 1. The van der Waals surface area contributed by atoms with Crippen molar-refractivity contribution in [2.75, 3.05) is 19.6 Å². The highest BCUT2D eigenvalue weighted by molar-refractivity contribution is 9.10. The van der Waals surface area contributed by atoms with Gasteiger partial charge in [-0.3, -0.25) is 4.79 Å². The van der Waals surface area contributed by atoms with Gasteiger partial charge in [-0.25, -0.2) is 0 Å². The fourth-order valence-electron chi connectivity index (χ4n) is 2.15. The summed E-state index contributed by atoms with van der Waals surface area (Å²) in [5.41, 5.74) is 6.41. The molecule has 1 aliphatic rings. The molecular formula is C13H18BrClN2O. The summed E-state index contributed by atoms with van der Waals surface area (Å²) in [7, 11) is 0. The number of carbonyl (C=O) groups excluding carboxylic acids is 1. The zero-order chi connectivity index (χ0) is 12.3. The van der Waals surface area contributed by atoms with Crippen molar-refractivity contribution < 1.29 is 4.79 Å². The second kappa shape index (κ2) is 7.12. The molecule has 0 radical (unpaired) electrons. The number of nitrogens with two attached hydrogens (primary N) is 1. The summed E-state index contributed by atoms with van der Waals surface area (Å²) in [5, 5.41) is 0. The molecule has 0 saturated carbocycles. The lowest BCUT2D eigenvalue weighted by Gasteiger charge is -2.31. The van der Waals surface area contributed by atoms with E-state index >= 15 is 0 Å². The summed E-state index contributed by atoms with van der Waals surface area (Å²) in [6.07, 6.45) is 2.05. The minimum absolute atomic E-state index is 0. The van der Waals surface area contributed by atoms with E-state index in [0.717, 1.165) is 42.5 Å². The van der Waals surface area contributed by atoms with Crippen molar-refractivity contribution in [1.29, 1.82) is 0 Å². The van der Waals surface area contributed by atoms with Crippen LogP contribution in [-0.2, 0) is 0 Å². The number of hydrogen-bond donors (Lipinski definition) is 1. The summed E-state index contributed by atoms with van der Waals surface area (Å²) >= 11 is 3.37. The molecule has 2 rings (SSSR count). The Morgan fingerprint density at radius 3 is 2.33 bits per heavy atom. The SMILES string of the molecule is Cl.NCC1CCN(C(=O)c2ccc(Br)cc2)CC1. The van der Waals surface area contributed by atoms with Crippen LogP contribution < -0.4 is 5.73 Å². The van der Waals surface area contributed by atoms with E-state index in [1.165, 1.54) is 0 Å². The molecule has 1 amide bonds. The molecule has 18 heavy (non-hydrogen) atoms. The van der Waals surface area contributed by atoms with Crippen LogP contribution in [0, 0.1) is 5.92 Å². The van der Waals surface area contributed by atoms with Crippen molar-refractivity contribution in [3.8, 4) is 0 Å². The van der Waals surface area contributed by atoms with Crippen molar-refractivity contribution in [1.82, 2.24) is 4.90 Å². The number of likely N-dealkylation sites (tertiary alicyclic amines) is 1. The first kappa shape index (κ1) is 15.5. The summed E-state index contributed by atoms with van der Waals surface area (Å²) < 4.78 is 0.996. The molecule has 1 aromatic carbocycles. The molecule has 1 saturated heterocycles. The van der Waals surface area contributed by atoms with Crippen LogP contribution in [-0.4, -0.2) is 30.4 Å². The predicted octanol–water partition coefficient (Wildman–Crippen LogP) is 2.68. The molecule has 1 fully saturated rings. The molecule has 0 bridgehead atoms. The quantitative estimate of drug-likeness (QED) is 0.904. The van der Waals surface area contributed by atoms with Crippen molar-refractivity contribution in [2.24, 2.45) is 11.7 Å². The van der Waals surface area contributed by atoms with Gasteiger partial charge in [0, 0.05) is 23.1 Å². The van der Waals surface area contributed by atoms with E-state index in [9.17, 15) is 4.79 Å². The van der Waals surface area contributed by atoms with E-state index in [4.69, 9.17) is 5.73 Å². The van der Waals surface area contributed by atoms with Crippen molar-refractivity contribution in [2.45, 2.75) is 12.8 Å². The zero-order valence-electron chi connectivity index (χ0n) is 10.1. The molecule has 1 heterocycles. The molecule has 100 valence electrons. The predicted molar refractivity (Wildman–Crippen MR) is 79.1 cm³/mol. The third-order valence-electron chi connectivity index (χ3n) is 3.33. The van der Waals surface area contributed by atoms with E-state index in [-0.39, 0.29) is 18.3 Å². The molecule has 0 aliphatic carbocycles. The molecule has 3 nitrogen and oxygen atoms in total. The van der Waals surface area contributed by atoms with Crippen LogP contribution in [0.25, 0.3) is 0 Å². The summed E-state index contributed by atoms with van der Waals surface area (Å²) in [6.45, 7) is 2.40. The van der Waals surface area contributed by atoms with Gasteiger partial charge in [0.25, 0.3) is 5.91 Å². The number of piperidine rings is 1. The number of hydrogen-bond acceptors (Lipinski definition) is 2. The summed E-state index contributed by atoms with van der Waals surface area (Å²) in [6, 6.07) is 7.53. The lowest BCUT2D eigenvalue weighted by Crippen LogP contribution is -2.40. The normalized spacial score (nSPS) is 16.2. The molecule has 1 aromatic rings. The fourth-order valence-corrected chi connectivity index (χ4v) is 2.41. The minimum atomic E-state index is 0. The van der Waals surface area contributed by atoms with Gasteiger partial charge < -0.3 is 10.6 Å². The maximum Gasteiger partial charge on any atom is 0.253 e. The van der Waals surface area contributed by atoms with Gasteiger partial charge in [0.1, 0.15) is 0 Å². The number of carbonyl (C=O) groups is 1. The average molecular weight is 334 g/mol. The highest BCUT2D eigenvalue weighted by atomic mass is 79.9. The Balaban J connectivity index is 0.00000162. The highest BCUT2D eigenvalue weighted by Gasteiger charge is 2.22. The number of rotatable bonds is 2. The van der Waals surface area contributed by atoms with Crippen LogP contribution in [0.3, 0.4) is 0 Å². The monoisotopic (exact) mass is 332 g/mol. The molecule has 0 atom stereocenters. The number of nitrogens with zero attached hydrogens (tertiary/aromatic N) is 1. The highest BCUT2D eigenvalue weighted by Crippen LogP contribution is 2.19. The van der Waals surface area contributed by atoms with E-state index in [1.807, 2.05) is 29.2 Å². The largest absolute Gasteiger partial charge is 0.339 e. The van der Waals surface area contributed by atoms with Gasteiger partial charge in [-0.15, -0.1) is 12.4 Å². The van der Waals surface area contributed by atoms with Crippen LogP contribution in [0.2, 0.25) is 0 Å². The Hall–Kier alpha value is -0.580. The zero-order valence-corrected chi connectivity index (χ0v) is 12.5. The topological polar surface area (TPSA) is 46.3 Å². The van der Waals surface area contributed by atoms with Crippen LogP contribution in [0.4, 0.5) is 0 Å². The second-order valence-electron chi connectivity index (χ2n) is 4.48. The van der Waals surface area contributed by atoms with Gasteiger partial charge in [-0.2, -0.15) is 0 Å². The van der Waals surface area contributed by atoms with Gasteiger partial charge in [-0.05, 0) is 49.6 Å². The van der Waals surface area contributed by atoms with Crippen LogP contribution in [0.15, 0.2) is 28.7 Å². The Morgan fingerprint density at radius 2 is 1.83 bits per heavy atom. The maximum absolute atomic E-state index is 12.2. The third-order valence-corrected chi connectivity index (χ3v) is 3.85. The fraction of sp³-hybridized carbons (Fsp3) is 0.462. The van der Waals surface area contributed by atoms with Gasteiger partial charge >= 0.3 is 0 Å². The lowest BCUT2D eigenvalue weighted by molar-refractivity contribution is 0.0693. The van der Waals surface area contributed by atoms with Crippen LogP contribution in [0.1, 0.15) is 23.2 Å². The number of benzene rings is 1. The third kappa shape index (κ3) is 3.70. The summed E-state index contributed by atoms with van der Waals surface area (Å²) in [5.74, 6) is 0.719. The average Bonchev–Trinajstić information content (AvgIpc) is 2.39. The number of halogens is 2.